The van der Waals surface area contributed by atoms with E-state index in [4.69, 9.17) is 24.2 Å². The molecule has 4 amide bonds. The molecule has 3 saturated heterocycles. The lowest BCUT2D eigenvalue weighted by molar-refractivity contribution is -0.137. The maximum absolute atomic E-state index is 14.0. The highest BCUT2D eigenvalue weighted by molar-refractivity contribution is 5.89. The minimum Gasteiger partial charge on any atom is -0.453 e. The minimum absolute atomic E-state index is 0.0304. The van der Waals surface area contributed by atoms with E-state index in [1.807, 2.05) is 31.1 Å². The Bertz CT molecular complexity index is 2370. The first-order valence-electron chi connectivity index (χ1n) is 21.1. The fraction of sp³-hybridized carbons (Fsp3) is 0.444. The smallest absolute Gasteiger partial charge is 0.407 e. The van der Waals surface area contributed by atoms with Crippen molar-refractivity contribution in [2.24, 2.45) is 11.8 Å². The van der Waals surface area contributed by atoms with Crippen molar-refractivity contribution in [3.63, 3.8) is 0 Å². The predicted molar refractivity (Wildman–Crippen MR) is 227 cm³/mol. The molecule has 3 fully saturated rings. The molecule has 3 aliphatic heterocycles. The van der Waals surface area contributed by atoms with Gasteiger partial charge in [-0.3, -0.25) is 14.6 Å². The van der Waals surface area contributed by atoms with Crippen LogP contribution in [-0.2, 0) is 23.8 Å². The third kappa shape index (κ3) is 8.81. The lowest BCUT2D eigenvalue weighted by atomic mass is 9.90. The number of alkyl carbamates (subject to hydrolysis) is 2. The Morgan fingerprint density at radius 3 is 1.89 bits per heavy atom. The highest BCUT2D eigenvalue weighted by Gasteiger charge is 2.40. The Hall–Kier alpha value is -6.29. The van der Waals surface area contributed by atoms with Gasteiger partial charge >= 0.3 is 12.2 Å². The van der Waals surface area contributed by atoms with Crippen molar-refractivity contribution < 1.29 is 33.4 Å². The molecule has 3 aromatic heterocycles. The number of rotatable bonds is 11. The van der Waals surface area contributed by atoms with Gasteiger partial charge in [-0.2, -0.15) is 0 Å². The number of benzene rings is 2. The van der Waals surface area contributed by atoms with E-state index in [0.717, 1.165) is 76.1 Å². The van der Waals surface area contributed by atoms with E-state index in [0.29, 0.717) is 45.0 Å². The normalized spacial score (nSPS) is 19.2. The van der Waals surface area contributed by atoms with Gasteiger partial charge in [-0.25, -0.2) is 19.6 Å². The number of ether oxygens (including phenoxy) is 3. The average molecular weight is 832 g/mol. The summed E-state index contributed by atoms with van der Waals surface area (Å²) in [4.78, 5) is 76.6. The first-order chi connectivity index (χ1) is 29.6. The molecular formula is C45H53N9O7. The number of nitrogens with one attached hydrogen (secondary N) is 4. The molecule has 0 bridgehead atoms. The molecule has 16 nitrogen and oxygen atoms in total. The van der Waals surface area contributed by atoms with Crippen molar-refractivity contribution >= 4 is 34.9 Å². The fourth-order valence-corrected chi connectivity index (χ4v) is 8.90. The van der Waals surface area contributed by atoms with Gasteiger partial charge in [0, 0.05) is 43.4 Å². The van der Waals surface area contributed by atoms with Crippen LogP contribution in [0.25, 0.3) is 44.5 Å². The molecule has 2 aromatic carbocycles. The van der Waals surface area contributed by atoms with Crippen LogP contribution in [-0.4, -0.2) is 111 Å². The molecule has 0 spiro atoms. The topological polar surface area (TPSA) is 197 Å². The van der Waals surface area contributed by atoms with Gasteiger partial charge in [-0.1, -0.05) is 50.2 Å². The zero-order chi connectivity index (χ0) is 42.6. The summed E-state index contributed by atoms with van der Waals surface area (Å²) in [6.45, 7) is 6.08. The summed E-state index contributed by atoms with van der Waals surface area (Å²) >= 11 is 0. The van der Waals surface area contributed by atoms with Gasteiger partial charge in [0.15, 0.2) is 0 Å². The number of imidazole rings is 2. The quantitative estimate of drug-likeness (QED) is 0.113. The SMILES string of the molecule is COC(=O)NC(C(=O)N1CCCC1c1ncc(-c2cnc3cc(-c4ccc(-c5cnc(C6CCCN6C(=O)C(NC(=O)OC)C6CCOCC6)[nH]5)cc4)ccc3c2)[nH]1)C(C)C. The van der Waals surface area contributed by atoms with Gasteiger partial charge in [0.2, 0.25) is 11.8 Å². The van der Waals surface area contributed by atoms with E-state index >= 15 is 0 Å². The van der Waals surface area contributed by atoms with Gasteiger partial charge in [0.05, 0.1) is 55.6 Å². The largest absolute Gasteiger partial charge is 0.453 e. The number of aromatic amines is 2. The second-order valence-corrected chi connectivity index (χ2v) is 16.4. The van der Waals surface area contributed by atoms with Crippen LogP contribution in [0.15, 0.2) is 67.1 Å². The number of aromatic nitrogens is 5. The molecular weight excluding hydrogens is 779 g/mol. The molecule has 0 saturated carbocycles. The maximum Gasteiger partial charge on any atom is 0.407 e. The van der Waals surface area contributed by atoms with Crippen LogP contribution >= 0.6 is 0 Å². The van der Waals surface area contributed by atoms with Crippen LogP contribution in [0.5, 0.6) is 0 Å². The molecule has 4 atom stereocenters. The first-order valence-corrected chi connectivity index (χ1v) is 21.1. The highest BCUT2D eigenvalue weighted by atomic mass is 16.5. The lowest BCUT2D eigenvalue weighted by Crippen LogP contribution is -2.53. The third-order valence-electron chi connectivity index (χ3n) is 12.3. The van der Waals surface area contributed by atoms with E-state index in [1.165, 1.54) is 14.2 Å². The zero-order valence-electron chi connectivity index (χ0n) is 35.0. The molecule has 0 aliphatic carbocycles. The number of nitrogens with zero attached hydrogens (tertiary/aromatic N) is 5. The van der Waals surface area contributed by atoms with Gasteiger partial charge in [-0.15, -0.1) is 0 Å². The number of carbonyl (C=O) groups is 4. The fourth-order valence-electron chi connectivity index (χ4n) is 8.90. The predicted octanol–water partition coefficient (Wildman–Crippen LogP) is 6.54. The average Bonchev–Trinajstić information content (AvgIpc) is 4.14. The Labute approximate surface area is 354 Å². The summed E-state index contributed by atoms with van der Waals surface area (Å²) in [5, 5.41) is 6.48. The molecule has 6 heterocycles. The number of hydrogen-bond acceptors (Lipinski definition) is 10. The van der Waals surface area contributed by atoms with Crippen LogP contribution < -0.4 is 10.6 Å². The summed E-state index contributed by atoms with van der Waals surface area (Å²) in [6.07, 6.45) is 8.77. The van der Waals surface area contributed by atoms with Crippen LogP contribution in [0, 0.1) is 11.8 Å². The van der Waals surface area contributed by atoms with Crippen LogP contribution in [0.3, 0.4) is 0 Å². The van der Waals surface area contributed by atoms with E-state index in [1.54, 1.807) is 11.1 Å². The summed E-state index contributed by atoms with van der Waals surface area (Å²) < 4.78 is 15.2. The van der Waals surface area contributed by atoms with Crippen molar-refractivity contribution in [1.82, 2.24) is 45.4 Å². The van der Waals surface area contributed by atoms with Gasteiger partial charge < -0.3 is 44.6 Å². The molecule has 61 heavy (non-hydrogen) atoms. The van der Waals surface area contributed by atoms with Crippen molar-refractivity contribution in [3.05, 3.63) is 78.8 Å². The van der Waals surface area contributed by atoms with E-state index in [2.05, 4.69) is 74.1 Å². The first kappa shape index (κ1) is 41.4. The van der Waals surface area contributed by atoms with Crippen LogP contribution in [0.2, 0.25) is 0 Å². The molecule has 0 radical (unpaired) electrons. The van der Waals surface area contributed by atoms with Gasteiger partial charge in [0.25, 0.3) is 0 Å². The molecule has 8 rings (SSSR count). The molecule has 3 aliphatic rings. The summed E-state index contributed by atoms with van der Waals surface area (Å²) in [5.41, 5.74) is 6.43. The maximum atomic E-state index is 14.0. The number of hydrogen-bond donors (Lipinski definition) is 4. The molecule has 4 N–H and O–H groups in total. The Balaban J connectivity index is 0.935. The van der Waals surface area contributed by atoms with Gasteiger partial charge in [0.1, 0.15) is 23.7 Å². The molecule has 16 heteroatoms. The van der Waals surface area contributed by atoms with Crippen molar-refractivity contribution in [3.8, 4) is 33.6 Å². The number of amides is 4. The standard InChI is InChI=1S/C45H53N9O7/c1-26(2)38(51-44(57)59-3)42(55)53-17-5-7-36(53)41-48-25-35(50-41)32-21-31-14-13-30(22-33(31)46-23-32)27-9-11-28(12-10-27)34-24-47-40(49-34)37-8-6-18-54(37)43(56)39(52-45(58)60-4)29-15-19-61-20-16-29/h9-14,21-26,29,36-39H,5-8,15-20H2,1-4H3,(H,47,49)(H,48,50)(H,51,57)(H,52,58). The van der Waals surface area contributed by atoms with Crippen molar-refractivity contribution in [2.45, 2.75) is 76.5 Å². The number of fused-ring (bicyclic) bond motifs is 1. The van der Waals surface area contributed by atoms with Crippen LogP contribution in [0.1, 0.15) is 76.1 Å². The minimum atomic E-state index is -0.700. The monoisotopic (exact) mass is 831 g/mol. The number of methoxy groups -OCH3 is 2. The number of pyridine rings is 1. The lowest BCUT2D eigenvalue weighted by Gasteiger charge is -2.34. The molecule has 320 valence electrons. The third-order valence-corrected chi connectivity index (χ3v) is 12.3. The van der Waals surface area contributed by atoms with Crippen LogP contribution in [0.4, 0.5) is 9.59 Å². The summed E-state index contributed by atoms with van der Waals surface area (Å²) in [5.74, 6) is 1.01. The number of carbonyl (C=O) groups excluding carboxylic acids is 4. The Kier molecular flexibility index (Phi) is 12.3. The summed E-state index contributed by atoms with van der Waals surface area (Å²) in [6, 6.07) is 14.7. The Morgan fingerprint density at radius 1 is 0.689 bits per heavy atom. The van der Waals surface area contributed by atoms with E-state index < -0.39 is 24.3 Å². The summed E-state index contributed by atoms with van der Waals surface area (Å²) in [7, 11) is 2.59. The zero-order valence-corrected chi connectivity index (χ0v) is 35.0. The van der Waals surface area contributed by atoms with E-state index in [-0.39, 0.29) is 35.7 Å². The molecule has 4 unspecified atom stereocenters. The second kappa shape index (κ2) is 18.1. The highest BCUT2D eigenvalue weighted by Crippen LogP contribution is 2.36. The number of likely N-dealkylation sites (tertiary alicyclic amines) is 2. The van der Waals surface area contributed by atoms with Crippen molar-refractivity contribution in [2.75, 3.05) is 40.5 Å². The number of H-pyrrole nitrogens is 2. The Morgan fingerprint density at radius 2 is 1.26 bits per heavy atom. The van der Waals surface area contributed by atoms with Crippen molar-refractivity contribution in [1.29, 1.82) is 0 Å². The molecule has 5 aromatic rings. The second-order valence-electron chi connectivity index (χ2n) is 16.4. The van der Waals surface area contributed by atoms with E-state index in [9.17, 15) is 19.2 Å². The van der Waals surface area contributed by atoms with Gasteiger partial charge in [-0.05, 0) is 79.2 Å².